The smallest absolute Gasteiger partial charge is 0.138 e. The highest BCUT2D eigenvalue weighted by atomic mass is 16.1. The van der Waals surface area contributed by atoms with Crippen LogP contribution in [0.15, 0.2) is 0 Å². The Morgan fingerprint density at radius 1 is 1.17 bits per heavy atom. The second-order valence-electron chi connectivity index (χ2n) is 3.61. The molecule has 0 fully saturated rings. The zero-order chi connectivity index (χ0) is 9.56. The molecular weight excluding hydrogens is 148 g/mol. The first-order valence-electron chi connectivity index (χ1n) is 5.20. The van der Waals surface area contributed by atoms with Gasteiger partial charge in [-0.05, 0) is 19.3 Å². The summed E-state index contributed by atoms with van der Waals surface area (Å²) in [5, 5.41) is 0. The minimum atomic E-state index is 0.278. The summed E-state index contributed by atoms with van der Waals surface area (Å²) in [6.45, 7) is 8.40. The van der Waals surface area contributed by atoms with E-state index < -0.39 is 0 Å². The molecule has 0 aromatic carbocycles. The van der Waals surface area contributed by atoms with Crippen molar-refractivity contribution < 1.29 is 4.79 Å². The minimum absolute atomic E-state index is 0.278. The fraction of sp³-hybridized carbons (Fsp3) is 0.909. The molecule has 1 heteroatoms. The van der Waals surface area contributed by atoms with E-state index in [2.05, 4.69) is 27.7 Å². The van der Waals surface area contributed by atoms with Crippen LogP contribution in [-0.2, 0) is 4.79 Å². The molecule has 0 aliphatic heterocycles. The van der Waals surface area contributed by atoms with E-state index in [1.54, 1.807) is 0 Å². The van der Waals surface area contributed by atoms with E-state index >= 15 is 0 Å². The standard InChI is InChI=1S/C11H22O/c1-5-8-9(4)11(12)10(6-2)7-3/h9-10H,5-8H2,1-4H3. The Morgan fingerprint density at radius 3 is 2.00 bits per heavy atom. The Kier molecular flexibility index (Phi) is 6.04. The zero-order valence-electron chi connectivity index (χ0n) is 8.89. The topological polar surface area (TPSA) is 17.1 Å². The summed E-state index contributed by atoms with van der Waals surface area (Å²) in [4.78, 5) is 11.7. The first-order chi connectivity index (χ1) is 5.67. The summed E-state index contributed by atoms with van der Waals surface area (Å²) in [6, 6.07) is 0. The predicted molar refractivity (Wildman–Crippen MR) is 53.2 cm³/mol. The zero-order valence-corrected chi connectivity index (χ0v) is 8.89. The summed E-state index contributed by atoms with van der Waals surface area (Å²) in [6.07, 6.45) is 4.18. The lowest BCUT2D eigenvalue weighted by molar-refractivity contribution is -0.126. The highest BCUT2D eigenvalue weighted by Gasteiger charge is 2.19. The Morgan fingerprint density at radius 2 is 1.67 bits per heavy atom. The van der Waals surface area contributed by atoms with Gasteiger partial charge >= 0.3 is 0 Å². The van der Waals surface area contributed by atoms with Crippen molar-refractivity contribution in [3.63, 3.8) is 0 Å². The van der Waals surface area contributed by atoms with Gasteiger partial charge in [0.25, 0.3) is 0 Å². The molecule has 0 radical (unpaired) electrons. The van der Waals surface area contributed by atoms with Crippen LogP contribution < -0.4 is 0 Å². The van der Waals surface area contributed by atoms with E-state index in [4.69, 9.17) is 0 Å². The molecule has 0 rings (SSSR count). The van der Waals surface area contributed by atoms with Gasteiger partial charge in [-0.25, -0.2) is 0 Å². The molecule has 0 saturated carbocycles. The largest absolute Gasteiger partial charge is 0.299 e. The third kappa shape index (κ3) is 3.38. The molecule has 0 heterocycles. The van der Waals surface area contributed by atoms with Crippen molar-refractivity contribution in [2.75, 3.05) is 0 Å². The van der Waals surface area contributed by atoms with Gasteiger partial charge < -0.3 is 0 Å². The maximum atomic E-state index is 11.7. The Balaban J connectivity index is 3.97. The lowest BCUT2D eigenvalue weighted by Crippen LogP contribution is -2.20. The molecule has 12 heavy (non-hydrogen) atoms. The monoisotopic (exact) mass is 170 g/mol. The average Bonchev–Trinajstić information content (AvgIpc) is 2.07. The number of hydrogen-bond acceptors (Lipinski definition) is 1. The number of Topliss-reactive ketones (excluding diaryl/α,β-unsaturated/α-hetero) is 1. The Labute approximate surface area is 76.6 Å². The van der Waals surface area contributed by atoms with Gasteiger partial charge in [0.1, 0.15) is 5.78 Å². The SMILES string of the molecule is CCCC(C)C(=O)C(CC)CC. The summed E-state index contributed by atoms with van der Waals surface area (Å²) >= 11 is 0. The molecule has 0 aromatic heterocycles. The number of carbonyl (C=O) groups is 1. The van der Waals surface area contributed by atoms with Gasteiger partial charge in [-0.1, -0.05) is 34.1 Å². The van der Waals surface area contributed by atoms with E-state index in [0.29, 0.717) is 11.7 Å². The van der Waals surface area contributed by atoms with Crippen molar-refractivity contribution in [3.8, 4) is 0 Å². The van der Waals surface area contributed by atoms with Crippen LogP contribution >= 0.6 is 0 Å². The van der Waals surface area contributed by atoms with Gasteiger partial charge in [0, 0.05) is 11.8 Å². The van der Waals surface area contributed by atoms with Crippen LogP contribution in [0.4, 0.5) is 0 Å². The second kappa shape index (κ2) is 6.22. The third-order valence-electron chi connectivity index (χ3n) is 2.60. The van der Waals surface area contributed by atoms with Crippen molar-refractivity contribution in [2.24, 2.45) is 11.8 Å². The minimum Gasteiger partial charge on any atom is -0.299 e. The number of ketones is 1. The lowest BCUT2D eigenvalue weighted by atomic mass is 9.88. The van der Waals surface area contributed by atoms with Crippen LogP contribution in [0.25, 0.3) is 0 Å². The molecule has 0 aromatic rings. The van der Waals surface area contributed by atoms with E-state index in [9.17, 15) is 4.79 Å². The fourth-order valence-electron chi connectivity index (χ4n) is 1.67. The molecule has 1 nitrogen and oxygen atoms in total. The molecular formula is C11H22O. The molecule has 0 aliphatic carbocycles. The van der Waals surface area contributed by atoms with Crippen molar-refractivity contribution in [1.82, 2.24) is 0 Å². The van der Waals surface area contributed by atoms with Crippen LogP contribution in [0.5, 0.6) is 0 Å². The first-order valence-corrected chi connectivity index (χ1v) is 5.20. The highest BCUT2D eigenvalue weighted by Crippen LogP contribution is 2.17. The van der Waals surface area contributed by atoms with Crippen molar-refractivity contribution in [2.45, 2.75) is 53.4 Å². The van der Waals surface area contributed by atoms with Gasteiger partial charge in [-0.15, -0.1) is 0 Å². The van der Waals surface area contributed by atoms with Gasteiger partial charge in [-0.3, -0.25) is 4.79 Å². The van der Waals surface area contributed by atoms with E-state index in [0.717, 1.165) is 25.7 Å². The molecule has 0 saturated heterocycles. The van der Waals surface area contributed by atoms with Gasteiger partial charge in [0.2, 0.25) is 0 Å². The first kappa shape index (κ1) is 11.7. The van der Waals surface area contributed by atoms with Crippen molar-refractivity contribution in [3.05, 3.63) is 0 Å². The highest BCUT2D eigenvalue weighted by molar-refractivity contribution is 5.82. The van der Waals surface area contributed by atoms with E-state index in [1.807, 2.05) is 0 Å². The van der Waals surface area contributed by atoms with Crippen molar-refractivity contribution >= 4 is 5.78 Å². The quantitative estimate of drug-likeness (QED) is 0.597. The van der Waals surface area contributed by atoms with Crippen LogP contribution in [0.2, 0.25) is 0 Å². The van der Waals surface area contributed by atoms with Gasteiger partial charge in [0.15, 0.2) is 0 Å². The van der Waals surface area contributed by atoms with Crippen LogP contribution in [0.1, 0.15) is 53.4 Å². The Bertz CT molecular complexity index is 125. The summed E-state index contributed by atoms with van der Waals surface area (Å²) in [5.41, 5.74) is 0. The third-order valence-corrected chi connectivity index (χ3v) is 2.60. The summed E-state index contributed by atoms with van der Waals surface area (Å²) in [7, 11) is 0. The molecule has 0 aliphatic rings. The lowest BCUT2D eigenvalue weighted by Gasteiger charge is -2.16. The number of hydrogen-bond donors (Lipinski definition) is 0. The Hall–Kier alpha value is -0.330. The summed E-state index contributed by atoms with van der Waals surface area (Å²) in [5.74, 6) is 1.06. The molecule has 0 N–H and O–H groups in total. The van der Waals surface area contributed by atoms with Crippen molar-refractivity contribution in [1.29, 1.82) is 0 Å². The number of rotatable bonds is 6. The molecule has 0 amide bonds. The second-order valence-corrected chi connectivity index (χ2v) is 3.61. The predicted octanol–water partition coefficient (Wildman–Crippen LogP) is 3.43. The van der Waals surface area contributed by atoms with E-state index in [-0.39, 0.29) is 5.92 Å². The molecule has 72 valence electrons. The van der Waals surface area contributed by atoms with Crippen LogP contribution in [0.3, 0.4) is 0 Å². The van der Waals surface area contributed by atoms with Gasteiger partial charge in [0.05, 0.1) is 0 Å². The molecule has 0 bridgehead atoms. The van der Waals surface area contributed by atoms with Crippen LogP contribution in [0, 0.1) is 11.8 Å². The summed E-state index contributed by atoms with van der Waals surface area (Å²) < 4.78 is 0. The van der Waals surface area contributed by atoms with Gasteiger partial charge in [-0.2, -0.15) is 0 Å². The average molecular weight is 170 g/mol. The van der Waals surface area contributed by atoms with E-state index in [1.165, 1.54) is 0 Å². The maximum Gasteiger partial charge on any atom is 0.138 e. The number of carbonyl (C=O) groups excluding carboxylic acids is 1. The fourth-order valence-corrected chi connectivity index (χ4v) is 1.67. The molecule has 1 atom stereocenters. The molecule has 1 unspecified atom stereocenters. The molecule has 0 spiro atoms. The van der Waals surface area contributed by atoms with Crippen LogP contribution in [-0.4, -0.2) is 5.78 Å². The maximum absolute atomic E-state index is 11.7. The normalized spacial score (nSPS) is 13.4.